The normalized spacial score (nSPS) is 20.3. The number of aromatic nitrogens is 2. The topological polar surface area (TPSA) is 99.7 Å². The molecule has 34 heavy (non-hydrogen) atoms. The molecule has 0 saturated heterocycles. The lowest BCUT2D eigenvalue weighted by Crippen LogP contribution is -2.55. The van der Waals surface area contributed by atoms with Crippen molar-refractivity contribution < 1.29 is 14.3 Å². The summed E-state index contributed by atoms with van der Waals surface area (Å²) in [5, 5.41) is 6.22. The number of pyridine rings is 2. The van der Waals surface area contributed by atoms with Crippen LogP contribution in [0.5, 0.6) is 5.75 Å². The first-order valence-corrected chi connectivity index (χ1v) is 12.2. The highest BCUT2D eigenvalue weighted by Crippen LogP contribution is 2.42. The van der Waals surface area contributed by atoms with Gasteiger partial charge in [-0.3, -0.25) is 9.59 Å². The Labute approximate surface area is 199 Å². The van der Waals surface area contributed by atoms with Crippen molar-refractivity contribution >= 4 is 34.8 Å². The summed E-state index contributed by atoms with van der Waals surface area (Å²) >= 11 is 0. The molecule has 2 aromatic rings. The molecule has 2 aliphatic carbocycles. The number of methoxy groups -OCH3 is 1. The molecule has 3 aliphatic rings. The summed E-state index contributed by atoms with van der Waals surface area (Å²) in [5.41, 5.74) is 2.29. The van der Waals surface area contributed by atoms with Crippen molar-refractivity contribution in [1.82, 2.24) is 15.3 Å². The van der Waals surface area contributed by atoms with E-state index in [1.807, 2.05) is 13.1 Å². The fourth-order valence-electron chi connectivity index (χ4n) is 5.04. The molecule has 0 unspecified atom stereocenters. The van der Waals surface area contributed by atoms with Crippen molar-refractivity contribution in [3.8, 4) is 5.75 Å². The maximum absolute atomic E-state index is 13.1. The van der Waals surface area contributed by atoms with Gasteiger partial charge in [-0.1, -0.05) is 19.8 Å². The summed E-state index contributed by atoms with van der Waals surface area (Å²) in [4.78, 5) is 38.5. The summed E-state index contributed by atoms with van der Waals surface area (Å²) in [5.74, 6) is 1.54. The van der Waals surface area contributed by atoms with Gasteiger partial charge < -0.3 is 25.2 Å². The Hall–Kier alpha value is -3.36. The number of rotatable bonds is 7. The molecule has 1 aliphatic heterocycles. The van der Waals surface area contributed by atoms with Crippen LogP contribution in [0.3, 0.4) is 0 Å². The predicted molar refractivity (Wildman–Crippen MR) is 131 cm³/mol. The van der Waals surface area contributed by atoms with Gasteiger partial charge in [0.25, 0.3) is 5.91 Å². The average Bonchev–Trinajstić information content (AvgIpc) is 3.50. The van der Waals surface area contributed by atoms with Crippen molar-refractivity contribution in [2.24, 2.45) is 0 Å². The fourth-order valence-corrected chi connectivity index (χ4v) is 5.04. The number of likely N-dealkylation sites (N-methyl/N-ethyl adjacent to an activating group) is 1. The van der Waals surface area contributed by atoms with Gasteiger partial charge in [-0.15, -0.1) is 0 Å². The quantitative estimate of drug-likeness (QED) is 0.645. The molecule has 5 rings (SSSR count). The molecule has 180 valence electrons. The number of carbonyl (C=O) groups excluding carboxylic acids is 2. The van der Waals surface area contributed by atoms with Crippen LogP contribution < -0.4 is 25.2 Å². The molecule has 3 heterocycles. The Morgan fingerprint density at radius 3 is 2.56 bits per heavy atom. The number of ether oxygens (including phenoxy) is 1. The highest BCUT2D eigenvalue weighted by molar-refractivity contribution is 6.05. The zero-order valence-corrected chi connectivity index (χ0v) is 20.0. The number of hydrogen-bond acceptors (Lipinski definition) is 7. The Balaban J connectivity index is 1.45. The van der Waals surface area contributed by atoms with Gasteiger partial charge in [-0.25, -0.2) is 9.97 Å². The van der Waals surface area contributed by atoms with Gasteiger partial charge in [0.15, 0.2) is 11.6 Å². The van der Waals surface area contributed by atoms with Crippen LogP contribution in [-0.2, 0) is 4.79 Å². The minimum absolute atomic E-state index is 0.118. The molecule has 9 nitrogen and oxygen atoms in total. The number of nitrogens with one attached hydrogen (secondary N) is 2. The van der Waals surface area contributed by atoms with Gasteiger partial charge in [0.1, 0.15) is 11.9 Å². The minimum Gasteiger partial charge on any atom is -0.493 e. The summed E-state index contributed by atoms with van der Waals surface area (Å²) in [7, 11) is 3.37. The molecular formula is C25H32N6O3. The van der Waals surface area contributed by atoms with Crippen molar-refractivity contribution in [1.29, 1.82) is 0 Å². The van der Waals surface area contributed by atoms with Crippen molar-refractivity contribution in [3.63, 3.8) is 0 Å². The van der Waals surface area contributed by atoms with Crippen LogP contribution in [0.4, 0.5) is 23.0 Å². The molecule has 1 atom stereocenters. The highest BCUT2D eigenvalue weighted by Gasteiger charge is 2.40. The monoisotopic (exact) mass is 464 g/mol. The Morgan fingerprint density at radius 1 is 1.12 bits per heavy atom. The van der Waals surface area contributed by atoms with E-state index < -0.39 is 0 Å². The van der Waals surface area contributed by atoms with Crippen molar-refractivity contribution in [2.45, 2.75) is 70.0 Å². The van der Waals surface area contributed by atoms with E-state index in [1.165, 1.54) is 12.8 Å². The molecule has 0 spiro atoms. The average molecular weight is 465 g/mol. The van der Waals surface area contributed by atoms with E-state index in [1.54, 1.807) is 30.5 Å². The maximum Gasteiger partial charge on any atom is 0.253 e. The molecule has 2 aromatic heterocycles. The molecule has 0 bridgehead atoms. The third-order valence-corrected chi connectivity index (χ3v) is 7.05. The summed E-state index contributed by atoms with van der Waals surface area (Å²) < 4.78 is 5.51. The largest absolute Gasteiger partial charge is 0.493 e. The third-order valence-electron chi connectivity index (χ3n) is 7.05. The fraction of sp³-hybridized carbons (Fsp3) is 0.520. The second-order valence-electron chi connectivity index (χ2n) is 9.37. The van der Waals surface area contributed by atoms with Gasteiger partial charge in [0.05, 0.1) is 30.2 Å². The van der Waals surface area contributed by atoms with E-state index in [2.05, 4.69) is 32.4 Å². The first kappa shape index (κ1) is 22.4. The molecule has 0 aromatic carbocycles. The number of hydrogen-bond donors (Lipinski definition) is 2. The first-order valence-electron chi connectivity index (χ1n) is 12.2. The van der Waals surface area contributed by atoms with E-state index in [9.17, 15) is 9.59 Å². The summed E-state index contributed by atoms with van der Waals surface area (Å²) in [6, 6.07) is 4.14. The number of amides is 2. The van der Waals surface area contributed by atoms with Crippen LogP contribution in [-0.4, -0.2) is 54.1 Å². The standard InChI is InChI=1S/C25H32N6O3/c1-4-18-25(33)30(2)20-14-26-22(12-19(20)31(18)17-7-5-6-8-17)29-23-21(34-3)11-15(13-27-23)24(32)28-16-9-10-16/h11-14,16-18H,4-10H2,1-3H3,(H,28,32)(H,26,27,29)/t18-/m1/s1. The lowest BCUT2D eigenvalue weighted by Gasteiger charge is -2.44. The molecule has 9 heteroatoms. The van der Waals surface area contributed by atoms with Crippen LogP contribution in [0.2, 0.25) is 0 Å². The third kappa shape index (κ3) is 4.15. The SMILES string of the molecule is CC[C@@H]1C(=O)N(C)c2cnc(Nc3ncc(C(=O)NC4CC4)cc3OC)cc2N1C1CCCC1. The maximum atomic E-state index is 13.1. The van der Waals surface area contributed by atoms with E-state index in [0.29, 0.717) is 29.0 Å². The Kier molecular flexibility index (Phi) is 6.02. The van der Waals surface area contributed by atoms with Crippen molar-refractivity contribution in [2.75, 3.05) is 29.3 Å². The molecule has 2 fully saturated rings. The van der Waals surface area contributed by atoms with Gasteiger partial charge in [0.2, 0.25) is 5.91 Å². The Morgan fingerprint density at radius 2 is 1.88 bits per heavy atom. The van der Waals surface area contributed by atoms with E-state index in [4.69, 9.17) is 4.74 Å². The first-order chi connectivity index (χ1) is 16.5. The van der Waals surface area contributed by atoms with Gasteiger partial charge >= 0.3 is 0 Å². The lowest BCUT2D eigenvalue weighted by atomic mass is 10.0. The Bertz CT molecular complexity index is 1100. The number of anilines is 4. The number of nitrogens with zero attached hydrogens (tertiary/aromatic N) is 4. The molecular weight excluding hydrogens is 432 g/mol. The van der Waals surface area contributed by atoms with E-state index in [-0.39, 0.29) is 23.9 Å². The molecule has 0 radical (unpaired) electrons. The molecule has 2 N–H and O–H groups in total. The van der Waals surface area contributed by atoms with Gasteiger partial charge in [-0.05, 0) is 38.2 Å². The van der Waals surface area contributed by atoms with Crippen molar-refractivity contribution in [3.05, 3.63) is 30.1 Å². The summed E-state index contributed by atoms with van der Waals surface area (Å²) in [6.07, 6.45) is 10.7. The molecule has 2 amide bonds. The van der Waals surface area contributed by atoms with E-state index in [0.717, 1.165) is 43.5 Å². The van der Waals surface area contributed by atoms with Crippen LogP contribution in [0.15, 0.2) is 24.5 Å². The zero-order chi connectivity index (χ0) is 23.8. The smallest absolute Gasteiger partial charge is 0.253 e. The van der Waals surface area contributed by atoms with Gasteiger partial charge in [0, 0.05) is 31.4 Å². The predicted octanol–water partition coefficient (Wildman–Crippen LogP) is 3.63. The van der Waals surface area contributed by atoms with Crippen LogP contribution in [0, 0.1) is 0 Å². The van der Waals surface area contributed by atoms with Gasteiger partial charge in [-0.2, -0.15) is 0 Å². The summed E-state index contributed by atoms with van der Waals surface area (Å²) in [6.45, 7) is 2.07. The number of fused-ring (bicyclic) bond motifs is 1. The lowest BCUT2D eigenvalue weighted by molar-refractivity contribution is -0.120. The van der Waals surface area contributed by atoms with Crippen LogP contribution >= 0.6 is 0 Å². The second-order valence-corrected chi connectivity index (χ2v) is 9.37. The van der Waals surface area contributed by atoms with E-state index >= 15 is 0 Å². The highest BCUT2D eigenvalue weighted by atomic mass is 16.5. The minimum atomic E-state index is -0.173. The zero-order valence-electron chi connectivity index (χ0n) is 20.0. The second kappa shape index (κ2) is 9.12. The van der Waals surface area contributed by atoms with Crippen LogP contribution in [0.1, 0.15) is 62.2 Å². The number of carbonyl (C=O) groups is 2. The molecule has 2 saturated carbocycles. The van der Waals surface area contributed by atoms with Crippen LogP contribution in [0.25, 0.3) is 0 Å².